The molecule has 0 spiro atoms. The lowest BCUT2D eigenvalue weighted by atomic mass is 9.92. The summed E-state index contributed by atoms with van der Waals surface area (Å²) in [5.41, 5.74) is -1.33. The average Bonchev–Trinajstić information content (AvgIpc) is 3.38. The summed E-state index contributed by atoms with van der Waals surface area (Å²) in [6.07, 6.45) is -0.312. The number of nitrogens with zero attached hydrogens (tertiary/aromatic N) is 4. The van der Waals surface area contributed by atoms with Crippen molar-refractivity contribution in [2.24, 2.45) is 0 Å². The molecule has 0 aliphatic carbocycles. The Morgan fingerprint density at radius 2 is 2.00 bits per heavy atom. The fourth-order valence-corrected chi connectivity index (χ4v) is 3.85. The summed E-state index contributed by atoms with van der Waals surface area (Å²) in [5, 5.41) is 23.2. The van der Waals surface area contributed by atoms with Crippen molar-refractivity contribution in [1.29, 1.82) is 0 Å². The summed E-state index contributed by atoms with van der Waals surface area (Å²) in [5.74, 6) is -0.683. The van der Waals surface area contributed by atoms with Crippen molar-refractivity contribution in [3.8, 4) is 11.5 Å². The molecule has 1 aliphatic rings. The molecule has 1 unspecified atom stereocenters. The van der Waals surface area contributed by atoms with Gasteiger partial charge in [-0.05, 0) is 19.2 Å². The van der Waals surface area contributed by atoms with Crippen molar-refractivity contribution >= 4 is 27.7 Å². The average molecular weight is 445 g/mol. The van der Waals surface area contributed by atoms with Crippen LogP contribution in [0.25, 0.3) is 33.3 Å². The van der Waals surface area contributed by atoms with E-state index in [1.807, 2.05) is 0 Å². The van der Waals surface area contributed by atoms with E-state index in [2.05, 4.69) is 15.0 Å². The highest BCUT2D eigenvalue weighted by atomic mass is 19.3. The maximum absolute atomic E-state index is 14.7. The Hall–Kier alpha value is -3.28. The van der Waals surface area contributed by atoms with E-state index in [1.165, 1.54) is 25.4 Å². The number of alkyl halides is 2. The summed E-state index contributed by atoms with van der Waals surface area (Å²) in [7, 11) is 1.23. The largest absolute Gasteiger partial charge is 0.757 e. The first-order valence-corrected chi connectivity index (χ1v) is 9.65. The summed E-state index contributed by atoms with van der Waals surface area (Å²) >= 11 is 0. The fraction of sp³-hybridized carbons (Fsp3) is 0.286. The second-order valence-electron chi connectivity index (χ2n) is 7.60. The third-order valence-electron chi connectivity index (χ3n) is 5.53. The third-order valence-corrected chi connectivity index (χ3v) is 5.53. The van der Waals surface area contributed by atoms with Gasteiger partial charge in [0, 0.05) is 47.8 Å². The number of benzene rings is 1. The fourth-order valence-electron chi connectivity index (χ4n) is 3.85. The first-order chi connectivity index (χ1) is 15.3. The summed E-state index contributed by atoms with van der Waals surface area (Å²) < 4.78 is 52.5. The van der Waals surface area contributed by atoms with Crippen molar-refractivity contribution < 1.29 is 27.4 Å². The molecule has 4 heterocycles. The minimum Gasteiger partial charge on any atom is -0.757 e. The van der Waals surface area contributed by atoms with Gasteiger partial charge in [0.15, 0.2) is 5.58 Å². The first kappa shape index (κ1) is 20.6. The van der Waals surface area contributed by atoms with Gasteiger partial charge < -0.3 is 24.5 Å². The molecule has 0 radical (unpaired) electrons. The molecule has 0 bridgehead atoms. The SMILES string of the molecule is CN([O-])c1cc2c(-c3nc4cc(C5(O)CCOC5)c(F)cc4o3)cnc(C(F)F)c2cn1. The van der Waals surface area contributed by atoms with Gasteiger partial charge in [0.1, 0.15) is 28.4 Å². The quantitative estimate of drug-likeness (QED) is 0.469. The van der Waals surface area contributed by atoms with E-state index in [0.717, 1.165) is 12.3 Å². The Balaban J connectivity index is 1.70. The van der Waals surface area contributed by atoms with Crippen LogP contribution < -0.4 is 5.06 Å². The van der Waals surface area contributed by atoms with Crippen molar-refractivity contribution in [2.75, 3.05) is 25.3 Å². The number of rotatable bonds is 4. The molecular weight excluding hydrogens is 429 g/mol. The summed E-state index contributed by atoms with van der Waals surface area (Å²) in [6, 6.07) is 3.83. The van der Waals surface area contributed by atoms with Crippen molar-refractivity contribution in [3.63, 3.8) is 0 Å². The second-order valence-corrected chi connectivity index (χ2v) is 7.60. The highest BCUT2D eigenvalue weighted by Gasteiger charge is 2.37. The predicted molar refractivity (Wildman–Crippen MR) is 109 cm³/mol. The lowest BCUT2D eigenvalue weighted by Gasteiger charge is -2.23. The molecule has 1 atom stereocenters. The number of hydroxylamine groups is 1. The number of hydrogen-bond donors (Lipinski definition) is 1. The molecule has 1 fully saturated rings. The van der Waals surface area contributed by atoms with Gasteiger partial charge >= 0.3 is 0 Å². The molecule has 5 rings (SSSR count). The van der Waals surface area contributed by atoms with Crippen LogP contribution in [0.4, 0.5) is 19.0 Å². The van der Waals surface area contributed by atoms with E-state index in [-0.39, 0.29) is 57.7 Å². The van der Waals surface area contributed by atoms with Crippen LogP contribution in [0.3, 0.4) is 0 Å². The van der Waals surface area contributed by atoms with E-state index >= 15 is 0 Å². The van der Waals surface area contributed by atoms with Crippen LogP contribution in [-0.2, 0) is 10.3 Å². The zero-order valence-electron chi connectivity index (χ0n) is 16.7. The zero-order chi connectivity index (χ0) is 22.6. The van der Waals surface area contributed by atoms with Crippen LogP contribution in [0.2, 0.25) is 0 Å². The normalized spacial score (nSPS) is 18.8. The molecule has 1 N–H and O–H groups in total. The van der Waals surface area contributed by atoms with Crippen LogP contribution in [0, 0.1) is 11.0 Å². The van der Waals surface area contributed by atoms with E-state index in [0.29, 0.717) is 11.7 Å². The Morgan fingerprint density at radius 3 is 2.69 bits per heavy atom. The van der Waals surface area contributed by atoms with Gasteiger partial charge in [0.25, 0.3) is 6.43 Å². The van der Waals surface area contributed by atoms with E-state index < -0.39 is 23.5 Å². The highest BCUT2D eigenvalue weighted by molar-refractivity contribution is 5.97. The number of halogens is 3. The van der Waals surface area contributed by atoms with Crippen LogP contribution in [0.5, 0.6) is 0 Å². The number of hydrogen-bond acceptors (Lipinski definition) is 8. The number of fused-ring (bicyclic) bond motifs is 2. The van der Waals surface area contributed by atoms with Crippen molar-refractivity contribution in [2.45, 2.75) is 18.4 Å². The van der Waals surface area contributed by atoms with E-state index in [1.54, 1.807) is 0 Å². The minimum atomic E-state index is -2.86. The molecular formula is C21H16F3N4O4-. The highest BCUT2D eigenvalue weighted by Crippen LogP contribution is 2.38. The molecule has 32 heavy (non-hydrogen) atoms. The molecule has 0 amide bonds. The number of oxazole rings is 1. The van der Waals surface area contributed by atoms with Gasteiger partial charge in [-0.25, -0.2) is 23.1 Å². The predicted octanol–water partition coefficient (Wildman–Crippen LogP) is 4.06. The molecule has 8 nitrogen and oxygen atoms in total. The van der Waals surface area contributed by atoms with Crippen LogP contribution in [-0.4, -0.2) is 40.3 Å². The van der Waals surface area contributed by atoms with Gasteiger partial charge in [0.05, 0.1) is 12.2 Å². The number of aliphatic hydroxyl groups is 1. The standard InChI is InChI=1S/C21H16F3N4O4/c1-28(30)17-4-10-11(7-25-17)18(19(23)24)26-8-12(10)20-27-15-5-13(14(22)6-16(15)32-20)21(29)2-3-31-9-21/h4-8,19,29H,2-3,9H2,1H3/q-1. The van der Waals surface area contributed by atoms with Gasteiger partial charge in [-0.3, -0.25) is 4.98 Å². The summed E-state index contributed by atoms with van der Waals surface area (Å²) in [6.45, 7) is 0.263. The number of anilines is 1. The van der Waals surface area contributed by atoms with Crippen molar-refractivity contribution in [1.82, 2.24) is 15.0 Å². The van der Waals surface area contributed by atoms with Gasteiger partial charge in [-0.2, -0.15) is 0 Å². The number of ether oxygens (including phenoxy) is 1. The van der Waals surface area contributed by atoms with E-state index in [9.17, 15) is 23.5 Å². The zero-order valence-corrected chi connectivity index (χ0v) is 16.7. The second kappa shape index (κ2) is 7.40. The molecule has 166 valence electrons. The van der Waals surface area contributed by atoms with Gasteiger partial charge in [-0.1, -0.05) is 0 Å². The first-order valence-electron chi connectivity index (χ1n) is 9.65. The van der Waals surface area contributed by atoms with Gasteiger partial charge in [0.2, 0.25) is 5.89 Å². The van der Waals surface area contributed by atoms with Crippen LogP contribution >= 0.6 is 0 Å². The maximum atomic E-state index is 14.7. The topological polar surface area (TPSA) is 108 Å². The monoisotopic (exact) mass is 445 g/mol. The summed E-state index contributed by atoms with van der Waals surface area (Å²) in [4.78, 5) is 12.1. The lowest BCUT2D eigenvalue weighted by Crippen LogP contribution is -2.27. The molecule has 3 aromatic heterocycles. The maximum Gasteiger partial charge on any atom is 0.281 e. The Bertz CT molecular complexity index is 1340. The molecule has 1 aromatic carbocycles. The van der Waals surface area contributed by atoms with Crippen LogP contribution in [0.15, 0.2) is 35.0 Å². The Morgan fingerprint density at radius 1 is 1.19 bits per heavy atom. The van der Waals surface area contributed by atoms with E-state index in [4.69, 9.17) is 9.15 Å². The Labute approximate surface area is 178 Å². The molecule has 11 heteroatoms. The van der Waals surface area contributed by atoms with Crippen molar-refractivity contribution in [3.05, 3.63) is 52.9 Å². The number of pyridine rings is 2. The van der Waals surface area contributed by atoms with Gasteiger partial charge in [-0.15, -0.1) is 0 Å². The van der Waals surface area contributed by atoms with Crippen LogP contribution in [0.1, 0.15) is 24.1 Å². The third kappa shape index (κ3) is 3.25. The molecule has 0 saturated carbocycles. The molecule has 1 saturated heterocycles. The minimum absolute atomic E-state index is 0.00179. The Kier molecular flexibility index (Phi) is 4.77. The molecule has 4 aromatic rings. The lowest BCUT2D eigenvalue weighted by molar-refractivity contribution is 0.0203. The molecule has 1 aliphatic heterocycles. The number of aromatic nitrogens is 3. The smallest absolute Gasteiger partial charge is 0.281 e.